The van der Waals surface area contributed by atoms with Crippen molar-refractivity contribution < 1.29 is 31.9 Å². The molecule has 0 radical (unpaired) electrons. The number of carbonyl (C=O) groups is 2. The number of aryl methyl sites for hydroxylation is 1. The summed E-state index contributed by atoms with van der Waals surface area (Å²) in [4.78, 5) is 29.9. The molecule has 1 saturated heterocycles. The first-order valence-corrected chi connectivity index (χ1v) is 13.5. The van der Waals surface area contributed by atoms with Gasteiger partial charge in [-0.25, -0.2) is 9.07 Å². The first-order valence-electron chi connectivity index (χ1n) is 13.5. The van der Waals surface area contributed by atoms with E-state index >= 15 is 4.39 Å². The fourth-order valence-electron chi connectivity index (χ4n) is 6.35. The van der Waals surface area contributed by atoms with Crippen LogP contribution in [0.25, 0.3) is 0 Å². The fraction of sp³-hybridized carbons (Fsp3) is 0.630. The van der Waals surface area contributed by atoms with Gasteiger partial charge in [-0.1, -0.05) is 25.0 Å². The van der Waals surface area contributed by atoms with Crippen LogP contribution in [0.4, 0.5) is 17.6 Å². The quantitative estimate of drug-likeness (QED) is 0.497. The lowest BCUT2D eigenvalue weighted by molar-refractivity contribution is -0.145. The Kier molecular flexibility index (Phi) is 7.56. The maximum atomic E-state index is 15.1. The molecule has 3 atom stereocenters. The molecule has 1 aromatic carbocycles. The molecule has 212 valence electrons. The Hall–Kier alpha value is -3.18. The minimum Gasteiger partial charge on any atom is -0.487 e. The number of ether oxygens (including phenoxy) is 1. The van der Waals surface area contributed by atoms with Gasteiger partial charge in [-0.2, -0.15) is 13.2 Å². The average Bonchev–Trinajstić information content (AvgIpc) is 3.48. The summed E-state index contributed by atoms with van der Waals surface area (Å²) in [5.74, 6) is -0.298. The second-order valence-electron chi connectivity index (χ2n) is 10.8. The third-order valence-corrected chi connectivity index (χ3v) is 8.38. The molecule has 0 unspecified atom stereocenters. The summed E-state index contributed by atoms with van der Waals surface area (Å²) in [6, 6.07) is 1.94. The van der Waals surface area contributed by atoms with Crippen molar-refractivity contribution in [2.75, 3.05) is 19.6 Å². The molecule has 3 heterocycles. The molecule has 2 amide bonds. The van der Waals surface area contributed by atoms with Gasteiger partial charge in [0, 0.05) is 44.6 Å². The van der Waals surface area contributed by atoms with E-state index in [9.17, 15) is 22.8 Å². The Bertz CT molecular complexity index is 1250. The van der Waals surface area contributed by atoms with Crippen molar-refractivity contribution >= 4 is 11.8 Å². The van der Waals surface area contributed by atoms with Gasteiger partial charge in [-0.3, -0.25) is 9.59 Å². The van der Waals surface area contributed by atoms with Crippen LogP contribution in [0.15, 0.2) is 12.1 Å². The van der Waals surface area contributed by atoms with Crippen LogP contribution >= 0.6 is 0 Å². The Morgan fingerprint density at radius 2 is 1.90 bits per heavy atom. The van der Waals surface area contributed by atoms with E-state index in [0.29, 0.717) is 41.7 Å². The van der Waals surface area contributed by atoms with Crippen molar-refractivity contribution in [2.24, 2.45) is 18.9 Å². The van der Waals surface area contributed by atoms with E-state index in [1.165, 1.54) is 12.1 Å². The number of benzene rings is 1. The van der Waals surface area contributed by atoms with Gasteiger partial charge in [0.15, 0.2) is 5.69 Å². The first-order chi connectivity index (χ1) is 18.6. The number of rotatable bonds is 6. The molecular weight excluding hydrogens is 518 g/mol. The number of aromatic nitrogens is 3. The highest BCUT2D eigenvalue weighted by Gasteiger charge is 2.42. The Balaban J connectivity index is 1.51. The van der Waals surface area contributed by atoms with Gasteiger partial charge >= 0.3 is 6.18 Å². The summed E-state index contributed by atoms with van der Waals surface area (Å²) in [6.07, 6.45) is 0.440. The highest BCUT2D eigenvalue weighted by Crippen LogP contribution is 2.42. The molecule has 1 aromatic heterocycles. The molecule has 2 fully saturated rings. The molecule has 2 aliphatic heterocycles. The van der Waals surface area contributed by atoms with Crippen LogP contribution in [0.3, 0.4) is 0 Å². The van der Waals surface area contributed by atoms with Crippen LogP contribution in [0, 0.1) is 17.7 Å². The van der Waals surface area contributed by atoms with Gasteiger partial charge in [0.25, 0.3) is 0 Å². The number of amides is 2. The highest BCUT2D eigenvalue weighted by atomic mass is 19.4. The number of alkyl halides is 3. The number of nitrogens with zero attached hydrogens (tertiary/aromatic N) is 5. The van der Waals surface area contributed by atoms with Gasteiger partial charge in [0.2, 0.25) is 11.8 Å². The van der Waals surface area contributed by atoms with Gasteiger partial charge in [-0.15, -0.1) is 5.10 Å². The SMILES string of the molecule is C[C@H]1CCCC[C@H]1C(=O)N1CCc2c(F)ccc(OCc3nnn(C)c3C(F)(F)F)c2[C@H]1CN1CCCC1=O. The molecule has 0 bridgehead atoms. The molecule has 1 aliphatic carbocycles. The molecule has 12 heteroatoms. The predicted octanol–water partition coefficient (Wildman–Crippen LogP) is 4.43. The number of likely N-dealkylation sites (tertiary alicyclic amines) is 1. The first kappa shape index (κ1) is 27.4. The summed E-state index contributed by atoms with van der Waals surface area (Å²) < 4.78 is 62.4. The minimum absolute atomic E-state index is 0.0204. The number of fused-ring (bicyclic) bond motifs is 1. The maximum Gasteiger partial charge on any atom is 0.435 e. The van der Waals surface area contributed by atoms with Gasteiger partial charge in [0.1, 0.15) is 23.9 Å². The van der Waals surface area contributed by atoms with Crippen LogP contribution < -0.4 is 4.74 Å². The van der Waals surface area contributed by atoms with Crippen LogP contribution in [-0.4, -0.2) is 56.2 Å². The third kappa shape index (κ3) is 5.34. The molecule has 39 heavy (non-hydrogen) atoms. The summed E-state index contributed by atoms with van der Waals surface area (Å²) in [6.45, 7) is 2.55. The van der Waals surface area contributed by atoms with Crippen molar-refractivity contribution in [1.29, 1.82) is 0 Å². The van der Waals surface area contributed by atoms with Crippen LogP contribution in [0.2, 0.25) is 0 Å². The van der Waals surface area contributed by atoms with Crippen molar-refractivity contribution in [3.05, 3.63) is 40.5 Å². The standard InChI is InChI=1S/C27H33F4N5O3/c1-16-6-3-4-7-17(16)26(38)36-13-11-18-19(28)9-10-22(24(18)21(36)14-35-12-5-8-23(35)37)39-15-20-25(27(29,30)31)34(2)33-32-20/h9-10,16-17,21H,3-8,11-15H2,1-2H3/t16-,17+,21+/m0/s1. The van der Waals surface area contributed by atoms with Crippen LogP contribution in [0.1, 0.15) is 74.0 Å². The van der Waals surface area contributed by atoms with Crippen molar-refractivity contribution in [1.82, 2.24) is 24.8 Å². The predicted molar refractivity (Wildman–Crippen MR) is 132 cm³/mol. The van der Waals surface area contributed by atoms with E-state index in [2.05, 4.69) is 17.2 Å². The molecule has 1 saturated carbocycles. The van der Waals surface area contributed by atoms with E-state index < -0.39 is 36.0 Å². The largest absolute Gasteiger partial charge is 0.487 e. The normalized spacial score (nSPS) is 23.7. The Morgan fingerprint density at radius 3 is 2.59 bits per heavy atom. The molecule has 2 aromatic rings. The zero-order valence-electron chi connectivity index (χ0n) is 22.1. The Labute approximate surface area is 224 Å². The lowest BCUT2D eigenvalue weighted by Crippen LogP contribution is -2.49. The van der Waals surface area contributed by atoms with E-state index in [1.54, 1.807) is 9.80 Å². The Morgan fingerprint density at radius 1 is 1.13 bits per heavy atom. The molecule has 8 nitrogen and oxygen atoms in total. The smallest absolute Gasteiger partial charge is 0.435 e. The highest BCUT2D eigenvalue weighted by molar-refractivity contribution is 5.81. The number of hydrogen-bond acceptors (Lipinski definition) is 5. The van der Waals surface area contributed by atoms with Gasteiger partial charge in [-0.05, 0) is 49.3 Å². The monoisotopic (exact) mass is 551 g/mol. The minimum atomic E-state index is -4.68. The molecule has 0 spiro atoms. The van der Waals surface area contributed by atoms with Crippen LogP contribution in [0.5, 0.6) is 5.75 Å². The summed E-state index contributed by atoms with van der Waals surface area (Å²) in [5.41, 5.74) is -0.648. The molecule has 3 aliphatic rings. The topological polar surface area (TPSA) is 80.6 Å². The van der Waals surface area contributed by atoms with Crippen LogP contribution in [-0.2, 0) is 35.8 Å². The van der Waals surface area contributed by atoms with E-state index in [0.717, 1.165) is 32.7 Å². The van der Waals surface area contributed by atoms with Gasteiger partial charge < -0.3 is 14.5 Å². The van der Waals surface area contributed by atoms with Crippen molar-refractivity contribution in [2.45, 2.75) is 70.7 Å². The summed E-state index contributed by atoms with van der Waals surface area (Å²) in [5, 5.41) is 7.12. The van der Waals surface area contributed by atoms with Gasteiger partial charge in [0.05, 0.1) is 6.04 Å². The van der Waals surface area contributed by atoms with E-state index in [1.807, 2.05) is 0 Å². The lowest BCUT2D eigenvalue weighted by Gasteiger charge is -2.43. The summed E-state index contributed by atoms with van der Waals surface area (Å²) in [7, 11) is 1.15. The lowest BCUT2D eigenvalue weighted by atomic mass is 9.78. The summed E-state index contributed by atoms with van der Waals surface area (Å²) >= 11 is 0. The zero-order chi connectivity index (χ0) is 27.9. The molecule has 0 N–H and O–H groups in total. The maximum absolute atomic E-state index is 15.1. The molecule has 5 rings (SSSR count). The number of hydrogen-bond donors (Lipinski definition) is 0. The number of carbonyl (C=O) groups excluding carboxylic acids is 2. The molecular formula is C27H33F4N5O3. The van der Waals surface area contributed by atoms with E-state index in [4.69, 9.17) is 4.74 Å². The third-order valence-electron chi connectivity index (χ3n) is 8.38. The van der Waals surface area contributed by atoms with E-state index in [-0.39, 0.29) is 42.4 Å². The second kappa shape index (κ2) is 10.8. The fourth-order valence-corrected chi connectivity index (χ4v) is 6.35. The number of halogens is 4. The van der Waals surface area contributed by atoms with Crippen molar-refractivity contribution in [3.8, 4) is 5.75 Å². The average molecular weight is 552 g/mol. The second-order valence-corrected chi connectivity index (χ2v) is 10.8. The zero-order valence-corrected chi connectivity index (χ0v) is 22.1. The van der Waals surface area contributed by atoms with Crippen molar-refractivity contribution in [3.63, 3.8) is 0 Å².